The summed E-state index contributed by atoms with van der Waals surface area (Å²) in [6.45, 7) is 0. The Balaban J connectivity index is 1.66. The van der Waals surface area contributed by atoms with Crippen molar-refractivity contribution >= 4 is 35.1 Å². The van der Waals surface area contributed by atoms with Crippen molar-refractivity contribution in [2.24, 2.45) is 0 Å². The van der Waals surface area contributed by atoms with Gasteiger partial charge in [-0.1, -0.05) is 29.4 Å². The Morgan fingerprint density at radius 1 is 1.55 bits per heavy atom. The molecule has 0 saturated carbocycles. The van der Waals surface area contributed by atoms with E-state index in [9.17, 15) is 4.79 Å². The summed E-state index contributed by atoms with van der Waals surface area (Å²) in [4.78, 5) is 16.0. The molecule has 3 rings (SSSR count). The number of rotatable bonds is 2. The van der Waals surface area contributed by atoms with Crippen LogP contribution in [0.5, 0.6) is 0 Å². The minimum absolute atomic E-state index is 0.423. The van der Waals surface area contributed by atoms with Gasteiger partial charge in [-0.15, -0.1) is 0 Å². The quantitative estimate of drug-likeness (QED) is 0.922. The molecule has 104 valence electrons. The third-order valence-corrected chi connectivity index (χ3v) is 3.95. The van der Waals surface area contributed by atoms with Crippen molar-refractivity contribution in [2.75, 3.05) is 11.1 Å². The van der Waals surface area contributed by atoms with Gasteiger partial charge in [-0.25, -0.2) is 14.5 Å². The van der Waals surface area contributed by atoms with Gasteiger partial charge in [-0.05, 0) is 18.2 Å². The second-order valence-corrected chi connectivity index (χ2v) is 5.62. The molecule has 1 aliphatic rings. The number of ether oxygens (including phenoxy) is 1. The molecule has 8 heteroatoms. The Morgan fingerprint density at radius 3 is 3.30 bits per heavy atom. The molecule has 1 aromatic carbocycles. The fourth-order valence-corrected chi connectivity index (χ4v) is 2.97. The van der Waals surface area contributed by atoms with E-state index in [2.05, 4.69) is 15.4 Å². The molecule has 6 nitrogen and oxygen atoms in total. The van der Waals surface area contributed by atoms with Crippen LogP contribution in [-0.4, -0.2) is 26.6 Å². The van der Waals surface area contributed by atoms with Gasteiger partial charge in [0, 0.05) is 22.9 Å². The normalized spacial score (nSPS) is 17.4. The van der Waals surface area contributed by atoms with Crippen LogP contribution in [0.1, 0.15) is 12.6 Å². The maximum absolute atomic E-state index is 11.9. The van der Waals surface area contributed by atoms with Crippen LogP contribution in [0.3, 0.4) is 0 Å². The van der Waals surface area contributed by atoms with E-state index in [-0.39, 0.29) is 0 Å². The van der Waals surface area contributed by atoms with Crippen LogP contribution in [0.25, 0.3) is 0 Å². The molecule has 0 fully saturated rings. The topological polar surface area (TPSA) is 69.0 Å². The molecule has 0 bridgehead atoms. The number of carbonyl (C=O) groups is 1. The van der Waals surface area contributed by atoms with Crippen molar-refractivity contribution in [3.8, 4) is 0 Å². The van der Waals surface area contributed by atoms with E-state index in [0.29, 0.717) is 17.1 Å². The maximum Gasteiger partial charge on any atom is 0.413 e. The number of thioether (sulfide) groups is 1. The summed E-state index contributed by atoms with van der Waals surface area (Å²) in [5, 5.41) is 8.02. The summed E-state index contributed by atoms with van der Waals surface area (Å²) in [6, 6.07) is 6.88. The molecule has 1 unspecified atom stereocenters. The summed E-state index contributed by atoms with van der Waals surface area (Å²) >= 11 is 7.45. The molecule has 2 heterocycles. The van der Waals surface area contributed by atoms with Crippen molar-refractivity contribution in [2.45, 2.75) is 17.8 Å². The Morgan fingerprint density at radius 2 is 2.45 bits per heavy atom. The lowest BCUT2D eigenvalue weighted by Crippen LogP contribution is -2.25. The largest absolute Gasteiger partial charge is 0.423 e. The second-order valence-electron chi connectivity index (χ2n) is 4.12. The lowest BCUT2D eigenvalue weighted by Gasteiger charge is -2.22. The van der Waals surface area contributed by atoms with Gasteiger partial charge in [0.15, 0.2) is 11.4 Å². The predicted octanol–water partition coefficient (Wildman–Crippen LogP) is 3.17. The monoisotopic (exact) mass is 310 g/mol. The van der Waals surface area contributed by atoms with E-state index in [0.717, 1.165) is 10.9 Å². The molecular weight excluding hydrogens is 300 g/mol. The third-order valence-electron chi connectivity index (χ3n) is 2.72. The number of nitrogens with zero attached hydrogens (tertiary/aromatic N) is 3. The third kappa shape index (κ3) is 2.88. The van der Waals surface area contributed by atoms with Gasteiger partial charge in [-0.3, -0.25) is 5.32 Å². The number of halogens is 1. The smallest absolute Gasteiger partial charge is 0.413 e. The molecular formula is C12H11ClN4O2S. The number of hydrogen-bond donors (Lipinski definition) is 1. The number of aromatic nitrogens is 3. The van der Waals surface area contributed by atoms with Gasteiger partial charge in [0.05, 0.1) is 0 Å². The molecule has 0 radical (unpaired) electrons. The first-order valence-corrected chi connectivity index (χ1v) is 7.34. The summed E-state index contributed by atoms with van der Waals surface area (Å²) in [5.74, 6) is 0.841. The zero-order valence-corrected chi connectivity index (χ0v) is 11.9. The highest BCUT2D eigenvalue weighted by Gasteiger charge is 2.25. The highest BCUT2D eigenvalue weighted by Crippen LogP contribution is 2.29. The molecule has 1 aromatic heterocycles. The minimum atomic E-state index is -0.536. The highest BCUT2D eigenvalue weighted by atomic mass is 35.5. The van der Waals surface area contributed by atoms with E-state index < -0.39 is 12.3 Å². The zero-order valence-electron chi connectivity index (χ0n) is 10.3. The molecule has 1 atom stereocenters. The van der Waals surface area contributed by atoms with Crippen molar-refractivity contribution in [1.82, 2.24) is 14.8 Å². The Bertz CT molecular complexity index is 633. The van der Waals surface area contributed by atoms with Gasteiger partial charge >= 0.3 is 6.09 Å². The zero-order chi connectivity index (χ0) is 13.9. The Labute approximate surface area is 124 Å². The van der Waals surface area contributed by atoms with E-state index >= 15 is 0 Å². The van der Waals surface area contributed by atoms with Gasteiger partial charge in [0.2, 0.25) is 0 Å². The first-order valence-electron chi connectivity index (χ1n) is 5.98. The number of hydrogen-bond acceptors (Lipinski definition) is 5. The lowest BCUT2D eigenvalue weighted by atomic mass is 10.3. The fourth-order valence-electron chi connectivity index (χ4n) is 1.86. The summed E-state index contributed by atoms with van der Waals surface area (Å²) in [6.07, 6.45) is 1.20. The summed E-state index contributed by atoms with van der Waals surface area (Å²) < 4.78 is 6.99. The van der Waals surface area contributed by atoms with Crippen LogP contribution in [-0.2, 0) is 4.74 Å². The molecule has 20 heavy (non-hydrogen) atoms. The van der Waals surface area contributed by atoms with Crippen molar-refractivity contribution in [3.63, 3.8) is 0 Å². The Hall–Kier alpha value is -1.73. The highest BCUT2D eigenvalue weighted by molar-refractivity contribution is 7.99. The van der Waals surface area contributed by atoms with E-state index in [1.54, 1.807) is 40.7 Å². The number of anilines is 1. The predicted molar refractivity (Wildman–Crippen MR) is 76.0 cm³/mol. The number of carbonyl (C=O) groups excluding carboxylic acids is 1. The minimum Gasteiger partial charge on any atom is -0.423 e. The van der Waals surface area contributed by atoms with Crippen molar-refractivity contribution in [1.29, 1.82) is 0 Å². The second kappa shape index (κ2) is 5.72. The van der Waals surface area contributed by atoms with Crippen LogP contribution in [0.4, 0.5) is 10.5 Å². The summed E-state index contributed by atoms with van der Waals surface area (Å²) in [7, 11) is 0. The van der Waals surface area contributed by atoms with Gasteiger partial charge in [0.25, 0.3) is 0 Å². The summed E-state index contributed by atoms with van der Waals surface area (Å²) in [5.41, 5.74) is 0.589. The van der Waals surface area contributed by atoms with Crippen LogP contribution >= 0.6 is 23.4 Å². The van der Waals surface area contributed by atoms with Crippen molar-refractivity contribution < 1.29 is 9.53 Å². The Kier molecular flexibility index (Phi) is 3.79. The van der Waals surface area contributed by atoms with Crippen LogP contribution in [0.15, 0.2) is 35.7 Å². The standard InChI is InChI=1S/C12H11ClN4O2S/c13-8-2-1-3-9(6-8)16-12(18)19-10-4-5-20-11-14-7-15-17(10)11/h1-3,6-7,10H,4-5H2,(H,16,18). The number of nitrogens with one attached hydrogen (secondary N) is 1. The molecule has 1 aliphatic heterocycles. The average molecular weight is 311 g/mol. The molecule has 0 aliphatic carbocycles. The fraction of sp³-hybridized carbons (Fsp3) is 0.250. The number of amides is 1. The van der Waals surface area contributed by atoms with Gasteiger partial charge in [0.1, 0.15) is 6.33 Å². The lowest BCUT2D eigenvalue weighted by molar-refractivity contribution is 0.0463. The van der Waals surface area contributed by atoms with E-state index in [1.807, 2.05) is 0 Å². The van der Waals surface area contributed by atoms with Gasteiger partial charge in [-0.2, -0.15) is 5.10 Å². The van der Waals surface area contributed by atoms with Crippen LogP contribution < -0.4 is 5.32 Å². The number of fused-ring (bicyclic) bond motifs is 1. The van der Waals surface area contributed by atoms with Crippen molar-refractivity contribution in [3.05, 3.63) is 35.6 Å². The number of benzene rings is 1. The first-order chi connectivity index (χ1) is 9.72. The first kappa shape index (κ1) is 13.3. The molecule has 1 N–H and O–H groups in total. The van der Waals surface area contributed by atoms with E-state index in [4.69, 9.17) is 16.3 Å². The molecule has 0 saturated heterocycles. The van der Waals surface area contributed by atoms with Crippen LogP contribution in [0.2, 0.25) is 5.02 Å². The van der Waals surface area contributed by atoms with Crippen LogP contribution in [0, 0.1) is 0 Å². The molecule has 1 amide bonds. The average Bonchev–Trinajstić information content (AvgIpc) is 2.88. The molecule has 2 aromatic rings. The van der Waals surface area contributed by atoms with Gasteiger partial charge < -0.3 is 4.74 Å². The molecule has 0 spiro atoms. The van der Waals surface area contributed by atoms with E-state index in [1.165, 1.54) is 6.33 Å². The maximum atomic E-state index is 11.9. The SMILES string of the molecule is O=C(Nc1cccc(Cl)c1)OC1CCSc2ncnn21.